The molecule has 0 aliphatic carbocycles. The average molecular weight is 151 g/mol. The zero-order valence-electron chi connectivity index (χ0n) is 5.77. The molecule has 0 spiro atoms. The van der Waals surface area contributed by atoms with Crippen molar-refractivity contribution in [3.8, 4) is 0 Å². The molecule has 0 radical (unpaired) electrons. The summed E-state index contributed by atoms with van der Waals surface area (Å²) in [5, 5.41) is 13.6. The molecule has 56 valence electrons. The molecule has 0 saturated carbocycles. The topological polar surface area (TPSA) is 76.5 Å². The second-order valence-corrected chi connectivity index (χ2v) is 2.15. The van der Waals surface area contributed by atoms with Crippen LogP contribution in [0.4, 0.5) is 0 Å². The number of rotatable bonds is 0. The van der Waals surface area contributed by atoms with Gasteiger partial charge >= 0.3 is 0 Å². The molecule has 0 bridgehead atoms. The van der Waals surface area contributed by atoms with Gasteiger partial charge in [0.05, 0.1) is 6.20 Å². The summed E-state index contributed by atoms with van der Waals surface area (Å²) in [5.74, 6) is 0. The van der Waals surface area contributed by atoms with Crippen LogP contribution in [0.5, 0.6) is 0 Å². The van der Waals surface area contributed by atoms with Gasteiger partial charge in [-0.15, -0.1) is 5.10 Å². The summed E-state index contributed by atoms with van der Waals surface area (Å²) in [6, 6.07) is 0. The quantitative estimate of drug-likeness (QED) is 0.526. The smallest absolute Gasteiger partial charge is 0.267 e. The van der Waals surface area contributed by atoms with E-state index in [1.54, 1.807) is 7.05 Å². The van der Waals surface area contributed by atoms with Gasteiger partial charge < -0.3 is 0 Å². The molecule has 2 aromatic rings. The highest BCUT2D eigenvalue weighted by Crippen LogP contribution is 1.99. The van der Waals surface area contributed by atoms with E-state index in [2.05, 4.69) is 20.5 Å². The molecule has 2 aromatic heterocycles. The lowest BCUT2D eigenvalue weighted by atomic mass is 10.4. The van der Waals surface area contributed by atoms with E-state index in [1.165, 1.54) is 10.9 Å². The first-order valence-electron chi connectivity index (χ1n) is 3.02. The molecule has 0 unspecified atom stereocenters. The van der Waals surface area contributed by atoms with E-state index in [4.69, 9.17) is 0 Å². The van der Waals surface area contributed by atoms with Gasteiger partial charge in [-0.05, 0) is 0 Å². The number of nitrogens with zero attached hydrogens (tertiary/aromatic N) is 4. The molecule has 2 heterocycles. The number of hydrogen-bond donors (Lipinski definition) is 1. The fraction of sp³-hybridized carbons (Fsp3) is 0.200. The lowest BCUT2D eigenvalue weighted by Gasteiger charge is -1.87. The van der Waals surface area contributed by atoms with Crippen molar-refractivity contribution in [2.75, 3.05) is 0 Å². The van der Waals surface area contributed by atoms with E-state index < -0.39 is 0 Å². The summed E-state index contributed by atoms with van der Waals surface area (Å²) in [6.45, 7) is 0. The second kappa shape index (κ2) is 1.88. The number of H-pyrrole nitrogens is 1. The van der Waals surface area contributed by atoms with Crippen molar-refractivity contribution in [1.29, 1.82) is 0 Å². The third-order valence-electron chi connectivity index (χ3n) is 1.45. The van der Waals surface area contributed by atoms with Crippen molar-refractivity contribution in [2.24, 2.45) is 7.05 Å². The minimum atomic E-state index is -0.261. The van der Waals surface area contributed by atoms with Gasteiger partial charge in [0.1, 0.15) is 5.39 Å². The lowest BCUT2D eigenvalue weighted by Crippen LogP contribution is -2.09. The first-order valence-corrected chi connectivity index (χ1v) is 3.02. The molecule has 1 N–H and O–H groups in total. The molecule has 2 rings (SSSR count). The monoisotopic (exact) mass is 151 g/mol. The van der Waals surface area contributed by atoms with Crippen LogP contribution in [0.2, 0.25) is 0 Å². The van der Waals surface area contributed by atoms with Gasteiger partial charge in [-0.25, -0.2) is 9.78 Å². The van der Waals surface area contributed by atoms with Crippen LogP contribution in [0.15, 0.2) is 11.0 Å². The summed E-state index contributed by atoms with van der Waals surface area (Å²) in [6.07, 6.45) is 1.46. The predicted octanol–water partition coefficient (Wildman–Crippen LogP) is -0.948. The van der Waals surface area contributed by atoms with Gasteiger partial charge in [0, 0.05) is 7.05 Å². The van der Waals surface area contributed by atoms with Crippen LogP contribution >= 0.6 is 0 Å². The maximum absolute atomic E-state index is 11.0. The maximum Gasteiger partial charge on any atom is 0.278 e. The first kappa shape index (κ1) is 6.02. The standard InChI is InChI=1S/C5H5N5O/c1-10-4-3(2-6-10)5(11)8-9-7-4/h2H,1H3,(H,7,8,11). The van der Waals surface area contributed by atoms with E-state index in [-0.39, 0.29) is 5.56 Å². The molecular formula is C5H5N5O. The van der Waals surface area contributed by atoms with E-state index in [9.17, 15) is 4.79 Å². The minimum absolute atomic E-state index is 0.261. The van der Waals surface area contributed by atoms with Crippen molar-refractivity contribution in [3.63, 3.8) is 0 Å². The Morgan fingerprint density at radius 2 is 2.45 bits per heavy atom. The van der Waals surface area contributed by atoms with Gasteiger partial charge in [-0.1, -0.05) is 5.21 Å². The molecular weight excluding hydrogens is 146 g/mol. The Balaban J connectivity index is 3.06. The highest BCUT2D eigenvalue weighted by atomic mass is 16.1. The fourth-order valence-corrected chi connectivity index (χ4v) is 0.888. The van der Waals surface area contributed by atoms with Gasteiger partial charge in [0.15, 0.2) is 5.65 Å². The Hall–Kier alpha value is -1.72. The third kappa shape index (κ3) is 0.721. The van der Waals surface area contributed by atoms with Gasteiger partial charge in [-0.3, -0.25) is 4.79 Å². The third-order valence-corrected chi connectivity index (χ3v) is 1.45. The number of aromatic amines is 1. The molecule has 11 heavy (non-hydrogen) atoms. The van der Waals surface area contributed by atoms with Crippen LogP contribution in [-0.2, 0) is 7.05 Å². The Morgan fingerprint density at radius 3 is 3.18 bits per heavy atom. The van der Waals surface area contributed by atoms with Crippen molar-refractivity contribution >= 4 is 11.0 Å². The largest absolute Gasteiger partial charge is 0.278 e. The van der Waals surface area contributed by atoms with Crippen molar-refractivity contribution in [3.05, 3.63) is 16.6 Å². The van der Waals surface area contributed by atoms with Crippen LogP contribution in [0.25, 0.3) is 11.0 Å². The number of nitrogens with one attached hydrogen (secondary N) is 1. The van der Waals surface area contributed by atoms with E-state index in [1.807, 2.05) is 0 Å². The summed E-state index contributed by atoms with van der Waals surface area (Å²) in [5.41, 5.74) is 0.233. The summed E-state index contributed by atoms with van der Waals surface area (Å²) in [7, 11) is 1.70. The van der Waals surface area contributed by atoms with E-state index in [0.717, 1.165) is 0 Å². The molecule has 0 fully saturated rings. The highest BCUT2D eigenvalue weighted by molar-refractivity contribution is 5.71. The molecule has 0 atom stereocenters. The normalized spacial score (nSPS) is 10.6. The number of hydrogen-bond acceptors (Lipinski definition) is 4. The number of aryl methyl sites for hydroxylation is 1. The second-order valence-electron chi connectivity index (χ2n) is 2.15. The molecule has 0 aliphatic rings. The summed E-state index contributed by atoms with van der Waals surface area (Å²) < 4.78 is 1.50. The summed E-state index contributed by atoms with van der Waals surface area (Å²) >= 11 is 0. The van der Waals surface area contributed by atoms with Crippen molar-refractivity contribution in [1.82, 2.24) is 25.2 Å². The fourth-order valence-electron chi connectivity index (χ4n) is 0.888. The van der Waals surface area contributed by atoms with Crippen LogP contribution in [0.1, 0.15) is 0 Å². The zero-order chi connectivity index (χ0) is 7.84. The molecule has 0 aromatic carbocycles. The first-order chi connectivity index (χ1) is 5.29. The molecule has 6 heteroatoms. The zero-order valence-corrected chi connectivity index (χ0v) is 5.77. The number of aromatic nitrogens is 5. The Labute approximate surface area is 60.8 Å². The predicted molar refractivity (Wildman–Crippen MR) is 36.9 cm³/mol. The van der Waals surface area contributed by atoms with Crippen molar-refractivity contribution < 1.29 is 0 Å². The number of fused-ring (bicyclic) bond motifs is 1. The Bertz CT molecular complexity index is 441. The van der Waals surface area contributed by atoms with E-state index >= 15 is 0 Å². The van der Waals surface area contributed by atoms with Gasteiger partial charge in [0.2, 0.25) is 0 Å². The maximum atomic E-state index is 11.0. The Kier molecular flexibility index (Phi) is 1.03. The lowest BCUT2D eigenvalue weighted by molar-refractivity contribution is 0.762. The van der Waals surface area contributed by atoms with Crippen LogP contribution in [0.3, 0.4) is 0 Å². The average Bonchev–Trinajstić information content (AvgIpc) is 2.35. The SMILES string of the molecule is Cn1ncc2c(=O)[nH]nnc21. The summed E-state index contributed by atoms with van der Waals surface area (Å²) in [4.78, 5) is 11.0. The minimum Gasteiger partial charge on any atom is -0.267 e. The van der Waals surface area contributed by atoms with Crippen molar-refractivity contribution in [2.45, 2.75) is 0 Å². The van der Waals surface area contributed by atoms with Crippen LogP contribution in [-0.4, -0.2) is 25.2 Å². The van der Waals surface area contributed by atoms with Gasteiger partial charge in [0.25, 0.3) is 5.56 Å². The Morgan fingerprint density at radius 1 is 1.64 bits per heavy atom. The van der Waals surface area contributed by atoms with Crippen LogP contribution < -0.4 is 5.56 Å². The van der Waals surface area contributed by atoms with E-state index in [0.29, 0.717) is 11.0 Å². The molecule has 0 aliphatic heterocycles. The molecule has 0 saturated heterocycles. The molecule has 6 nitrogen and oxygen atoms in total. The molecule has 0 amide bonds. The highest BCUT2D eigenvalue weighted by Gasteiger charge is 2.03. The van der Waals surface area contributed by atoms with Crippen LogP contribution in [0, 0.1) is 0 Å². The van der Waals surface area contributed by atoms with Gasteiger partial charge in [-0.2, -0.15) is 5.10 Å².